The van der Waals surface area contributed by atoms with E-state index in [1.165, 1.54) is 11.0 Å². The zero-order valence-electron chi connectivity index (χ0n) is 22.0. The van der Waals surface area contributed by atoms with Crippen molar-refractivity contribution in [3.05, 3.63) is 29.8 Å². The molecule has 0 bridgehead atoms. The molecule has 0 radical (unpaired) electrons. The molecule has 3 amide bonds. The molecular formula is C26H43N3O5. The maximum absolute atomic E-state index is 13.8. The largest absolute Gasteiger partial charge is 0.508 e. The van der Waals surface area contributed by atoms with Crippen molar-refractivity contribution < 1.29 is 24.2 Å². The van der Waals surface area contributed by atoms with E-state index < -0.39 is 29.7 Å². The highest BCUT2D eigenvalue weighted by Crippen LogP contribution is 2.31. The minimum absolute atomic E-state index is 0.0733. The molecule has 34 heavy (non-hydrogen) atoms. The molecule has 2 atom stereocenters. The van der Waals surface area contributed by atoms with Crippen LogP contribution in [-0.4, -0.2) is 52.1 Å². The number of benzene rings is 1. The van der Waals surface area contributed by atoms with Gasteiger partial charge in [-0.05, 0) is 53.0 Å². The monoisotopic (exact) mass is 477 g/mol. The zero-order chi connectivity index (χ0) is 26.1. The number of carbonyl (C=O) groups excluding carboxylic acids is 3. The number of unbranched alkanes of at least 4 members (excludes halogenated alkanes) is 2. The third-order valence-electron chi connectivity index (χ3n) is 5.25. The second-order valence-electron chi connectivity index (χ2n) is 10.2. The third kappa shape index (κ3) is 8.88. The van der Waals surface area contributed by atoms with Crippen LogP contribution in [0.1, 0.15) is 86.3 Å². The van der Waals surface area contributed by atoms with Crippen molar-refractivity contribution in [3.63, 3.8) is 0 Å². The number of rotatable bonds is 11. The molecule has 1 rings (SSSR count). The van der Waals surface area contributed by atoms with Crippen molar-refractivity contribution in [2.75, 3.05) is 6.54 Å². The molecule has 0 aliphatic rings. The molecule has 1 aromatic rings. The molecule has 0 saturated carbocycles. The fraction of sp³-hybridized carbons (Fsp3) is 0.654. The van der Waals surface area contributed by atoms with Gasteiger partial charge in [0.15, 0.2) is 0 Å². The van der Waals surface area contributed by atoms with E-state index in [2.05, 4.69) is 17.6 Å². The van der Waals surface area contributed by atoms with E-state index in [1.807, 2.05) is 13.8 Å². The Balaban J connectivity index is 3.37. The summed E-state index contributed by atoms with van der Waals surface area (Å²) in [5.41, 5.74) is -0.388. The number of amides is 3. The van der Waals surface area contributed by atoms with Crippen LogP contribution in [0.4, 0.5) is 4.79 Å². The fourth-order valence-electron chi connectivity index (χ4n) is 3.61. The van der Waals surface area contributed by atoms with Gasteiger partial charge < -0.3 is 25.4 Å². The molecule has 8 heteroatoms. The number of carbonyl (C=O) groups is 3. The van der Waals surface area contributed by atoms with E-state index in [0.29, 0.717) is 12.1 Å². The number of ether oxygens (including phenoxy) is 1. The highest BCUT2D eigenvalue weighted by Gasteiger charge is 2.39. The lowest BCUT2D eigenvalue weighted by Gasteiger charge is -2.38. The van der Waals surface area contributed by atoms with E-state index in [1.54, 1.807) is 52.8 Å². The van der Waals surface area contributed by atoms with Gasteiger partial charge in [-0.1, -0.05) is 51.8 Å². The van der Waals surface area contributed by atoms with E-state index in [0.717, 1.165) is 19.3 Å². The van der Waals surface area contributed by atoms with Crippen LogP contribution in [0.5, 0.6) is 5.75 Å². The predicted molar refractivity (Wildman–Crippen MR) is 133 cm³/mol. The summed E-state index contributed by atoms with van der Waals surface area (Å²) < 4.78 is 5.36. The van der Waals surface area contributed by atoms with Crippen molar-refractivity contribution in [2.24, 2.45) is 5.92 Å². The molecule has 0 aliphatic heterocycles. The third-order valence-corrected chi connectivity index (χ3v) is 5.25. The first-order valence-corrected chi connectivity index (χ1v) is 12.2. The first kappa shape index (κ1) is 29.3. The Bertz CT molecular complexity index is 817. The Morgan fingerprint density at radius 3 is 2.18 bits per heavy atom. The Labute approximate surface area is 204 Å². The quantitative estimate of drug-likeness (QED) is 0.406. The van der Waals surface area contributed by atoms with Crippen LogP contribution in [0.15, 0.2) is 24.3 Å². The topological polar surface area (TPSA) is 108 Å². The van der Waals surface area contributed by atoms with Crippen molar-refractivity contribution in [2.45, 2.75) is 98.4 Å². The molecule has 1 aromatic carbocycles. The number of nitrogens with zero attached hydrogens (tertiary/aromatic N) is 1. The number of phenols is 1. The van der Waals surface area contributed by atoms with Gasteiger partial charge in [0.2, 0.25) is 11.8 Å². The van der Waals surface area contributed by atoms with E-state index >= 15 is 0 Å². The molecule has 0 spiro atoms. The predicted octanol–water partition coefficient (Wildman–Crippen LogP) is 4.53. The van der Waals surface area contributed by atoms with Gasteiger partial charge in [0.05, 0.1) is 0 Å². The average molecular weight is 478 g/mol. The number of alkyl carbamates (subject to hydrolysis) is 1. The number of hydrogen-bond acceptors (Lipinski definition) is 5. The Morgan fingerprint density at radius 2 is 1.68 bits per heavy atom. The summed E-state index contributed by atoms with van der Waals surface area (Å²) in [7, 11) is 0. The van der Waals surface area contributed by atoms with Crippen LogP contribution in [-0.2, 0) is 14.3 Å². The number of hydrogen-bond donors (Lipinski definition) is 3. The highest BCUT2D eigenvalue weighted by molar-refractivity contribution is 5.92. The summed E-state index contributed by atoms with van der Waals surface area (Å²) in [6.45, 7) is 15.0. The van der Waals surface area contributed by atoms with Crippen molar-refractivity contribution >= 4 is 17.9 Å². The van der Waals surface area contributed by atoms with Gasteiger partial charge in [-0.3, -0.25) is 9.59 Å². The highest BCUT2D eigenvalue weighted by atomic mass is 16.6. The van der Waals surface area contributed by atoms with Crippen molar-refractivity contribution in [1.29, 1.82) is 0 Å². The Kier molecular flexibility index (Phi) is 11.4. The van der Waals surface area contributed by atoms with Crippen LogP contribution in [0.25, 0.3) is 0 Å². The van der Waals surface area contributed by atoms with Crippen LogP contribution >= 0.6 is 0 Å². The molecule has 0 saturated heterocycles. The Hall–Kier alpha value is -2.77. The molecule has 3 N–H and O–H groups in total. The molecule has 2 unspecified atom stereocenters. The van der Waals surface area contributed by atoms with E-state index in [9.17, 15) is 19.5 Å². The van der Waals surface area contributed by atoms with Crippen LogP contribution < -0.4 is 10.6 Å². The first-order chi connectivity index (χ1) is 15.8. The second-order valence-corrected chi connectivity index (χ2v) is 10.2. The standard InChI is InChI=1S/C26H43N3O5/c1-9-10-13-16-27-23(31)22(19-14-11-12-15-20(19)30)29(18(4)5)24(32)21(17(2)3)28-25(33)34-26(6,7)8/h11-12,14-15,17-18,21-22,30H,9-10,13,16H2,1-8H3,(H,27,31)(H,28,33). The smallest absolute Gasteiger partial charge is 0.408 e. The van der Waals surface area contributed by atoms with Gasteiger partial charge in [-0.2, -0.15) is 0 Å². The summed E-state index contributed by atoms with van der Waals surface area (Å²) in [5, 5.41) is 16.2. The van der Waals surface area contributed by atoms with Crippen LogP contribution in [0.2, 0.25) is 0 Å². The van der Waals surface area contributed by atoms with Gasteiger partial charge in [0.25, 0.3) is 0 Å². The molecular weight excluding hydrogens is 434 g/mol. The average Bonchev–Trinajstić information content (AvgIpc) is 2.71. The summed E-state index contributed by atoms with van der Waals surface area (Å²) >= 11 is 0. The lowest BCUT2D eigenvalue weighted by atomic mass is 9.97. The van der Waals surface area contributed by atoms with Gasteiger partial charge in [-0.15, -0.1) is 0 Å². The van der Waals surface area contributed by atoms with Crippen molar-refractivity contribution in [1.82, 2.24) is 15.5 Å². The zero-order valence-corrected chi connectivity index (χ0v) is 22.0. The molecule has 8 nitrogen and oxygen atoms in total. The van der Waals surface area contributed by atoms with Gasteiger partial charge in [-0.25, -0.2) is 4.79 Å². The normalized spacial score (nSPS) is 13.4. The number of nitrogens with one attached hydrogen (secondary N) is 2. The van der Waals surface area contributed by atoms with E-state index in [4.69, 9.17) is 4.74 Å². The van der Waals surface area contributed by atoms with Gasteiger partial charge >= 0.3 is 6.09 Å². The van der Waals surface area contributed by atoms with E-state index in [-0.39, 0.29) is 23.6 Å². The molecule has 0 aliphatic carbocycles. The van der Waals surface area contributed by atoms with Gasteiger partial charge in [0, 0.05) is 18.2 Å². The van der Waals surface area contributed by atoms with Crippen LogP contribution in [0.3, 0.4) is 0 Å². The molecule has 0 aromatic heterocycles. The van der Waals surface area contributed by atoms with Gasteiger partial charge in [0.1, 0.15) is 23.4 Å². The minimum atomic E-state index is -1.06. The molecule has 0 heterocycles. The number of para-hydroxylation sites is 1. The summed E-state index contributed by atoms with van der Waals surface area (Å²) in [4.78, 5) is 41.1. The summed E-state index contributed by atoms with van der Waals surface area (Å²) in [5.74, 6) is -1.14. The maximum atomic E-state index is 13.8. The SMILES string of the molecule is CCCCCNC(=O)C(c1ccccc1O)N(C(=O)C(NC(=O)OC(C)(C)C)C(C)C)C(C)C. The minimum Gasteiger partial charge on any atom is -0.508 e. The lowest BCUT2D eigenvalue weighted by molar-refractivity contribution is -0.145. The summed E-state index contributed by atoms with van der Waals surface area (Å²) in [6, 6.07) is 4.15. The molecule has 192 valence electrons. The second kappa shape index (κ2) is 13.2. The Morgan fingerprint density at radius 1 is 1.06 bits per heavy atom. The maximum Gasteiger partial charge on any atom is 0.408 e. The lowest BCUT2D eigenvalue weighted by Crippen LogP contribution is -2.56. The van der Waals surface area contributed by atoms with Crippen molar-refractivity contribution in [3.8, 4) is 5.75 Å². The summed E-state index contributed by atoms with van der Waals surface area (Å²) in [6.07, 6.45) is 2.11. The number of phenolic OH excluding ortho intramolecular Hbond substituents is 1. The van der Waals surface area contributed by atoms with Crippen LogP contribution in [0, 0.1) is 5.92 Å². The molecule has 0 fully saturated rings. The fourth-order valence-corrected chi connectivity index (χ4v) is 3.61. The number of aromatic hydroxyl groups is 1. The first-order valence-electron chi connectivity index (χ1n) is 12.2.